The van der Waals surface area contributed by atoms with Crippen LogP contribution in [0, 0.1) is 0 Å². The van der Waals surface area contributed by atoms with Crippen LogP contribution in [-0.4, -0.2) is 16.3 Å². The molecule has 4 heteroatoms. The van der Waals surface area contributed by atoms with Crippen LogP contribution in [0.1, 0.15) is 6.42 Å². The van der Waals surface area contributed by atoms with Gasteiger partial charge in [0.15, 0.2) is 0 Å². The Hall–Kier alpha value is -0.350. The van der Waals surface area contributed by atoms with Gasteiger partial charge in [-0.05, 0) is 28.9 Å². The smallest absolute Gasteiger partial charge is 0.0632 e. The lowest BCUT2D eigenvalue weighted by Gasteiger charge is -1.96. The third kappa shape index (κ3) is 2.11. The van der Waals surface area contributed by atoms with Gasteiger partial charge in [0.05, 0.1) is 10.7 Å². The van der Waals surface area contributed by atoms with E-state index < -0.39 is 0 Å². The molecule has 3 nitrogen and oxygen atoms in total. The number of nitrogens with two attached hydrogens (primary N) is 1. The average molecular weight is 204 g/mol. The molecule has 0 aliphatic rings. The van der Waals surface area contributed by atoms with Gasteiger partial charge in [-0.15, -0.1) is 0 Å². The number of hydrogen-bond donors (Lipinski definition) is 1. The molecule has 56 valence electrons. The molecule has 0 aliphatic carbocycles. The van der Waals surface area contributed by atoms with Crippen molar-refractivity contribution in [1.29, 1.82) is 0 Å². The van der Waals surface area contributed by atoms with Crippen LogP contribution in [0.5, 0.6) is 0 Å². The second kappa shape index (κ2) is 3.73. The van der Waals surface area contributed by atoms with Gasteiger partial charge in [-0.2, -0.15) is 5.10 Å². The highest BCUT2D eigenvalue weighted by molar-refractivity contribution is 9.10. The Balaban J connectivity index is 2.42. The van der Waals surface area contributed by atoms with Gasteiger partial charge in [0.2, 0.25) is 0 Å². The van der Waals surface area contributed by atoms with Crippen LogP contribution in [0.3, 0.4) is 0 Å². The molecule has 0 aromatic carbocycles. The lowest BCUT2D eigenvalue weighted by atomic mass is 10.4. The van der Waals surface area contributed by atoms with E-state index in [0.717, 1.165) is 24.0 Å². The molecule has 0 atom stereocenters. The van der Waals surface area contributed by atoms with E-state index in [4.69, 9.17) is 5.73 Å². The summed E-state index contributed by atoms with van der Waals surface area (Å²) in [6, 6.07) is 0. The Kier molecular flexibility index (Phi) is 2.89. The molecule has 0 aliphatic heterocycles. The first-order valence-electron chi connectivity index (χ1n) is 3.21. The molecule has 1 aromatic rings. The van der Waals surface area contributed by atoms with Gasteiger partial charge < -0.3 is 5.73 Å². The third-order valence-corrected chi connectivity index (χ3v) is 1.60. The summed E-state index contributed by atoms with van der Waals surface area (Å²) < 4.78 is 2.89. The van der Waals surface area contributed by atoms with Gasteiger partial charge in [-0.1, -0.05) is 0 Å². The van der Waals surface area contributed by atoms with Crippen molar-refractivity contribution in [3.05, 3.63) is 16.9 Å². The normalized spacial score (nSPS) is 10.2. The van der Waals surface area contributed by atoms with Gasteiger partial charge in [0.1, 0.15) is 0 Å². The summed E-state index contributed by atoms with van der Waals surface area (Å²) in [7, 11) is 0. The van der Waals surface area contributed by atoms with Gasteiger partial charge in [0.25, 0.3) is 0 Å². The maximum atomic E-state index is 5.33. The first kappa shape index (κ1) is 7.75. The van der Waals surface area contributed by atoms with Crippen LogP contribution in [0.25, 0.3) is 0 Å². The zero-order valence-electron chi connectivity index (χ0n) is 5.63. The quantitative estimate of drug-likeness (QED) is 0.797. The van der Waals surface area contributed by atoms with E-state index in [9.17, 15) is 0 Å². The molecule has 0 fully saturated rings. The number of rotatable bonds is 3. The summed E-state index contributed by atoms with van der Waals surface area (Å²) >= 11 is 3.31. The first-order chi connectivity index (χ1) is 4.83. The van der Waals surface area contributed by atoms with Crippen molar-refractivity contribution in [2.24, 2.45) is 5.73 Å². The second-order valence-electron chi connectivity index (χ2n) is 2.06. The van der Waals surface area contributed by atoms with Crippen molar-refractivity contribution in [2.45, 2.75) is 13.0 Å². The second-order valence-corrected chi connectivity index (χ2v) is 2.98. The molecule has 1 heterocycles. The fraction of sp³-hybridized carbons (Fsp3) is 0.500. The molecular formula is C6H10BrN3. The fourth-order valence-corrected chi connectivity index (χ4v) is 1.04. The van der Waals surface area contributed by atoms with Crippen LogP contribution in [0.2, 0.25) is 0 Å². The van der Waals surface area contributed by atoms with E-state index in [-0.39, 0.29) is 0 Å². The average Bonchev–Trinajstić information content (AvgIpc) is 2.31. The molecule has 0 unspecified atom stereocenters. The topological polar surface area (TPSA) is 43.8 Å². The summed E-state index contributed by atoms with van der Waals surface area (Å²) in [5.41, 5.74) is 5.33. The minimum absolute atomic E-state index is 0.720. The Morgan fingerprint density at radius 2 is 2.50 bits per heavy atom. The van der Waals surface area contributed by atoms with Crippen LogP contribution in [0.4, 0.5) is 0 Å². The molecule has 0 radical (unpaired) electrons. The first-order valence-corrected chi connectivity index (χ1v) is 4.00. The maximum absolute atomic E-state index is 5.33. The van der Waals surface area contributed by atoms with Crippen molar-refractivity contribution in [1.82, 2.24) is 9.78 Å². The summed E-state index contributed by atoms with van der Waals surface area (Å²) in [6.07, 6.45) is 4.69. The number of aromatic nitrogens is 2. The third-order valence-electron chi connectivity index (χ3n) is 1.19. The van der Waals surface area contributed by atoms with Gasteiger partial charge in [0, 0.05) is 12.7 Å². The van der Waals surface area contributed by atoms with Crippen molar-refractivity contribution in [2.75, 3.05) is 6.54 Å². The number of aryl methyl sites for hydroxylation is 1. The molecule has 0 saturated carbocycles. The fourth-order valence-electron chi connectivity index (χ4n) is 0.714. The zero-order chi connectivity index (χ0) is 7.40. The minimum atomic E-state index is 0.720. The van der Waals surface area contributed by atoms with Gasteiger partial charge >= 0.3 is 0 Å². The standard InChI is InChI=1S/C6H10BrN3/c7-6-4-9-10(5-6)3-1-2-8/h4-5H,1-3,8H2. The van der Waals surface area contributed by atoms with E-state index in [0.29, 0.717) is 0 Å². The van der Waals surface area contributed by atoms with Gasteiger partial charge in [-0.3, -0.25) is 4.68 Å². The highest BCUT2D eigenvalue weighted by Gasteiger charge is 1.92. The number of halogens is 1. The Morgan fingerprint density at radius 3 is 3.00 bits per heavy atom. The Morgan fingerprint density at radius 1 is 1.70 bits per heavy atom. The number of nitrogens with zero attached hydrogens (tertiary/aromatic N) is 2. The van der Waals surface area contributed by atoms with E-state index in [1.54, 1.807) is 6.20 Å². The summed E-state index contributed by atoms with van der Waals surface area (Å²) in [6.45, 7) is 1.62. The van der Waals surface area contributed by atoms with E-state index in [1.165, 1.54) is 0 Å². The van der Waals surface area contributed by atoms with Crippen molar-refractivity contribution >= 4 is 15.9 Å². The highest BCUT2D eigenvalue weighted by Crippen LogP contribution is 2.05. The zero-order valence-corrected chi connectivity index (χ0v) is 7.21. The predicted molar refractivity (Wildman–Crippen MR) is 43.6 cm³/mol. The summed E-state index contributed by atoms with van der Waals surface area (Å²) in [4.78, 5) is 0. The Labute approximate surface area is 68.3 Å². The van der Waals surface area contributed by atoms with Crippen molar-refractivity contribution < 1.29 is 0 Å². The van der Waals surface area contributed by atoms with E-state index in [1.807, 2.05) is 10.9 Å². The SMILES string of the molecule is NCCCn1cc(Br)cn1. The van der Waals surface area contributed by atoms with Crippen LogP contribution in [0.15, 0.2) is 16.9 Å². The maximum Gasteiger partial charge on any atom is 0.0632 e. The van der Waals surface area contributed by atoms with Crippen LogP contribution < -0.4 is 5.73 Å². The molecule has 0 bridgehead atoms. The molecule has 0 amide bonds. The van der Waals surface area contributed by atoms with Crippen molar-refractivity contribution in [3.8, 4) is 0 Å². The summed E-state index contributed by atoms with van der Waals surface area (Å²) in [5.74, 6) is 0. The largest absolute Gasteiger partial charge is 0.330 e. The van der Waals surface area contributed by atoms with E-state index >= 15 is 0 Å². The molecule has 2 N–H and O–H groups in total. The molecular weight excluding hydrogens is 194 g/mol. The monoisotopic (exact) mass is 203 g/mol. The van der Waals surface area contributed by atoms with Crippen molar-refractivity contribution in [3.63, 3.8) is 0 Å². The van der Waals surface area contributed by atoms with E-state index in [2.05, 4.69) is 21.0 Å². The lowest BCUT2D eigenvalue weighted by molar-refractivity contribution is 0.585. The summed E-state index contributed by atoms with van der Waals surface area (Å²) in [5, 5.41) is 4.07. The van der Waals surface area contributed by atoms with Crippen LogP contribution >= 0.6 is 15.9 Å². The molecule has 0 spiro atoms. The molecule has 1 rings (SSSR count). The lowest BCUT2D eigenvalue weighted by Crippen LogP contribution is -2.05. The predicted octanol–water partition coefficient (Wildman–Crippen LogP) is 0.994. The highest BCUT2D eigenvalue weighted by atomic mass is 79.9. The number of hydrogen-bond acceptors (Lipinski definition) is 2. The molecule has 0 saturated heterocycles. The Bertz CT molecular complexity index is 197. The van der Waals surface area contributed by atoms with Crippen LogP contribution in [-0.2, 0) is 6.54 Å². The van der Waals surface area contributed by atoms with Gasteiger partial charge in [-0.25, -0.2) is 0 Å². The minimum Gasteiger partial charge on any atom is -0.330 e. The molecule has 10 heavy (non-hydrogen) atoms. The molecule has 1 aromatic heterocycles.